The van der Waals surface area contributed by atoms with E-state index >= 15 is 0 Å². The number of benzene rings is 1. The van der Waals surface area contributed by atoms with E-state index in [0.717, 1.165) is 19.5 Å². The molecule has 1 aromatic rings. The number of halogens is 1. The third-order valence-corrected chi connectivity index (χ3v) is 2.61. The molecule has 0 aliphatic heterocycles. The van der Waals surface area contributed by atoms with Gasteiger partial charge in [-0.2, -0.15) is 0 Å². The minimum Gasteiger partial charge on any atom is -0.317 e. The first kappa shape index (κ1) is 17.3. The Bertz CT molecular complexity index is 393. The van der Waals surface area contributed by atoms with Gasteiger partial charge in [0, 0.05) is 0 Å². The van der Waals surface area contributed by atoms with Gasteiger partial charge in [-0.1, -0.05) is 50.4 Å². The Morgan fingerprint density at radius 1 is 1.21 bits per heavy atom. The smallest absolute Gasteiger partial charge is 0.123 e. The van der Waals surface area contributed by atoms with Crippen molar-refractivity contribution in [1.82, 2.24) is 5.32 Å². The normalized spacial score (nSPS) is 10.9. The summed E-state index contributed by atoms with van der Waals surface area (Å²) in [4.78, 5) is 0. The first-order valence-electron chi connectivity index (χ1n) is 6.51. The van der Waals surface area contributed by atoms with Gasteiger partial charge in [-0.3, -0.25) is 0 Å². The molecule has 0 fully saturated rings. The number of hydrogen-bond acceptors (Lipinski definition) is 1. The lowest BCUT2D eigenvalue weighted by Gasteiger charge is -2.05. The molecule has 1 rings (SSSR count). The molecule has 0 atom stereocenters. The molecule has 1 N–H and O–H groups in total. The van der Waals surface area contributed by atoms with Crippen LogP contribution in [0.4, 0.5) is 4.39 Å². The highest BCUT2D eigenvalue weighted by atomic mass is 19.1. The molecule has 0 unspecified atom stereocenters. The molecule has 1 aromatic carbocycles. The fourth-order valence-electron chi connectivity index (χ4n) is 1.41. The second-order valence-electron chi connectivity index (χ2n) is 4.02. The van der Waals surface area contributed by atoms with E-state index in [1.54, 1.807) is 18.2 Å². The van der Waals surface area contributed by atoms with E-state index in [4.69, 9.17) is 0 Å². The Morgan fingerprint density at radius 3 is 2.21 bits per heavy atom. The highest BCUT2D eigenvalue weighted by Gasteiger charge is 1.94. The van der Waals surface area contributed by atoms with Crippen LogP contribution in [0.5, 0.6) is 0 Å². The fourth-order valence-corrected chi connectivity index (χ4v) is 1.41. The van der Waals surface area contributed by atoms with Crippen LogP contribution in [0.25, 0.3) is 0 Å². The molecule has 0 aliphatic carbocycles. The van der Waals surface area contributed by atoms with Crippen molar-refractivity contribution in [2.75, 3.05) is 13.1 Å². The maximum atomic E-state index is 11.9. The minimum atomic E-state index is -0.178. The Labute approximate surface area is 116 Å². The van der Waals surface area contributed by atoms with Crippen molar-refractivity contribution in [3.63, 3.8) is 0 Å². The van der Waals surface area contributed by atoms with Crippen molar-refractivity contribution in [1.29, 1.82) is 0 Å². The number of hydrogen-bond donors (Lipinski definition) is 1. The summed E-state index contributed by atoms with van der Waals surface area (Å²) in [5.74, 6) is -0.178. The van der Waals surface area contributed by atoms with Crippen molar-refractivity contribution in [2.24, 2.45) is 0 Å². The third-order valence-electron chi connectivity index (χ3n) is 2.61. The average molecular weight is 261 g/mol. The number of rotatable bonds is 6. The molecule has 0 saturated heterocycles. The van der Waals surface area contributed by atoms with Crippen LogP contribution in [0.2, 0.25) is 0 Å². The van der Waals surface area contributed by atoms with Crippen molar-refractivity contribution < 1.29 is 4.39 Å². The molecule has 19 heavy (non-hydrogen) atoms. The molecule has 0 radical (unpaired) electrons. The molecule has 1 nitrogen and oxygen atoms in total. The lowest BCUT2D eigenvalue weighted by Crippen LogP contribution is -2.14. The van der Waals surface area contributed by atoms with E-state index in [-0.39, 0.29) is 5.82 Å². The molecule has 0 bridgehead atoms. The average Bonchev–Trinajstić information content (AvgIpc) is 2.44. The molecule has 0 aliphatic rings. The number of nitrogens with one attached hydrogen (secondary N) is 1. The van der Waals surface area contributed by atoms with Crippen molar-refractivity contribution in [2.45, 2.75) is 20.3 Å². The predicted octanol–water partition coefficient (Wildman–Crippen LogP) is 4.50. The monoisotopic (exact) mass is 261 g/mol. The standard InChI is InChI=1S/C11H19N.C6H5F/c1-5-10(4)11(6-2)8-9-12-7-3;7-6-4-2-1-3-5-6/h5-6,12H,1-2,7-9H2,3-4H3;1-5H/b11-10+;. The molecule has 0 aromatic heterocycles. The largest absolute Gasteiger partial charge is 0.317 e. The molecule has 0 amide bonds. The Hall–Kier alpha value is -1.67. The summed E-state index contributed by atoms with van der Waals surface area (Å²) in [7, 11) is 0. The maximum absolute atomic E-state index is 11.9. The summed E-state index contributed by atoms with van der Waals surface area (Å²) >= 11 is 0. The zero-order chi connectivity index (χ0) is 14.5. The highest BCUT2D eigenvalue weighted by Crippen LogP contribution is 2.09. The topological polar surface area (TPSA) is 12.0 Å². The quantitative estimate of drug-likeness (QED) is 0.587. The van der Waals surface area contributed by atoms with Crippen LogP contribution in [0.1, 0.15) is 20.3 Å². The molecule has 2 heteroatoms. The molecule has 104 valence electrons. The van der Waals surface area contributed by atoms with Gasteiger partial charge in [-0.15, -0.1) is 0 Å². The van der Waals surface area contributed by atoms with Gasteiger partial charge < -0.3 is 5.32 Å². The maximum Gasteiger partial charge on any atom is 0.123 e. The van der Waals surface area contributed by atoms with E-state index < -0.39 is 0 Å². The Kier molecular flexibility index (Phi) is 10.4. The summed E-state index contributed by atoms with van der Waals surface area (Å²) in [6.45, 7) is 13.7. The highest BCUT2D eigenvalue weighted by molar-refractivity contribution is 5.29. The summed E-state index contributed by atoms with van der Waals surface area (Å²) in [5.41, 5.74) is 2.51. The summed E-state index contributed by atoms with van der Waals surface area (Å²) < 4.78 is 11.9. The SMILES string of the molecule is C=C/C(C)=C(\C=C)CCNCC.Fc1ccccc1. The van der Waals surface area contributed by atoms with Crippen LogP contribution in [0.3, 0.4) is 0 Å². The molecular formula is C17H24FN. The van der Waals surface area contributed by atoms with Crippen molar-refractivity contribution in [3.05, 3.63) is 72.6 Å². The summed E-state index contributed by atoms with van der Waals surface area (Å²) in [6, 6.07) is 7.94. The van der Waals surface area contributed by atoms with Crippen LogP contribution in [-0.4, -0.2) is 13.1 Å². The lowest BCUT2D eigenvalue weighted by atomic mass is 10.1. The fraction of sp³-hybridized carbons (Fsp3) is 0.294. The molecular weight excluding hydrogens is 237 g/mol. The first-order chi connectivity index (χ1) is 9.15. The van der Waals surface area contributed by atoms with Crippen LogP contribution < -0.4 is 5.32 Å². The molecule has 0 spiro atoms. The van der Waals surface area contributed by atoms with Crippen LogP contribution >= 0.6 is 0 Å². The Morgan fingerprint density at radius 2 is 1.84 bits per heavy atom. The van der Waals surface area contributed by atoms with E-state index in [9.17, 15) is 4.39 Å². The van der Waals surface area contributed by atoms with Gasteiger partial charge in [0.05, 0.1) is 0 Å². The van der Waals surface area contributed by atoms with E-state index in [2.05, 4.69) is 32.3 Å². The molecule has 0 heterocycles. The van der Waals surface area contributed by atoms with Crippen LogP contribution in [0, 0.1) is 5.82 Å². The van der Waals surface area contributed by atoms with Crippen molar-refractivity contribution >= 4 is 0 Å². The van der Waals surface area contributed by atoms with Gasteiger partial charge in [0.2, 0.25) is 0 Å². The van der Waals surface area contributed by atoms with Gasteiger partial charge in [0.1, 0.15) is 5.82 Å². The third kappa shape index (κ3) is 8.97. The first-order valence-corrected chi connectivity index (χ1v) is 6.51. The predicted molar refractivity (Wildman–Crippen MR) is 82.7 cm³/mol. The Balaban J connectivity index is 0.000000388. The summed E-state index contributed by atoms with van der Waals surface area (Å²) in [6.07, 6.45) is 4.83. The zero-order valence-electron chi connectivity index (χ0n) is 12.0. The second-order valence-corrected chi connectivity index (χ2v) is 4.02. The van der Waals surface area contributed by atoms with Gasteiger partial charge in [-0.25, -0.2) is 4.39 Å². The zero-order valence-corrected chi connectivity index (χ0v) is 12.0. The van der Waals surface area contributed by atoms with Crippen LogP contribution in [-0.2, 0) is 0 Å². The van der Waals surface area contributed by atoms with Gasteiger partial charge >= 0.3 is 0 Å². The van der Waals surface area contributed by atoms with E-state index in [0.29, 0.717) is 0 Å². The lowest BCUT2D eigenvalue weighted by molar-refractivity contribution is 0.628. The van der Waals surface area contributed by atoms with Crippen molar-refractivity contribution in [3.8, 4) is 0 Å². The van der Waals surface area contributed by atoms with Gasteiger partial charge in [-0.05, 0) is 49.7 Å². The van der Waals surface area contributed by atoms with Gasteiger partial charge in [0.15, 0.2) is 0 Å². The second kappa shape index (κ2) is 11.4. The van der Waals surface area contributed by atoms with Crippen LogP contribution in [0.15, 0.2) is 66.8 Å². The molecule has 0 saturated carbocycles. The van der Waals surface area contributed by atoms with Gasteiger partial charge in [0.25, 0.3) is 0 Å². The number of allylic oxidation sites excluding steroid dienone is 3. The van der Waals surface area contributed by atoms with E-state index in [1.807, 2.05) is 12.2 Å². The van der Waals surface area contributed by atoms with E-state index in [1.165, 1.54) is 23.3 Å². The minimum absolute atomic E-state index is 0.178. The summed E-state index contributed by atoms with van der Waals surface area (Å²) in [5, 5.41) is 3.28.